The molecule has 0 unspecified atom stereocenters. The summed E-state index contributed by atoms with van der Waals surface area (Å²) in [6.07, 6.45) is -3.28. The number of benzene rings is 4. The van der Waals surface area contributed by atoms with Crippen LogP contribution in [0.15, 0.2) is 102 Å². The fourth-order valence-electron chi connectivity index (χ4n) is 5.12. The Bertz CT molecular complexity index is 1840. The Balaban J connectivity index is 1.86. The van der Waals surface area contributed by atoms with Gasteiger partial charge in [-0.1, -0.05) is 96.7 Å². The number of sulfonamides is 1. The summed E-state index contributed by atoms with van der Waals surface area (Å²) in [7, 11) is -4.61. The number of hydrogen-bond acceptors (Lipinski definition) is 4. The van der Waals surface area contributed by atoms with Crippen LogP contribution in [0.1, 0.15) is 42.0 Å². The van der Waals surface area contributed by atoms with Crippen LogP contribution in [-0.4, -0.2) is 44.3 Å². The lowest BCUT2D eigenvalue weighted by Crippen LogP contribution is -2.53. The number of aryl methyl sites for hydroxylation is 1. The number of alkyl halides is 3. The highest BCUT2D eigenvalue weighted by molar-refractivity contribution is 7.92. The predicted molar refractivity (Wildman–Crippen MR) is 186 cm³/mol. The molecule has 0 bridgehead atoms. The van der Waals surface area contributed by atoms with E-state index in [9.17, 15) is 31.2 Å². The molecule has 0 aliphatic carbocycles. The van der Waals surface area contributed by atoms with Crippen molar-refractivity contribution in [3.05, 3.63) is 129 Å². The van der Waals surface area contributed by atoms with Gasteiger partial charge in [0, 0.05) is 35.1 Å². The normalized spacial score (nSPS) is 12.3. The van der Waals surface area contributed by atoms with Gasteiger partial charge >= 0.3 is 6.18 Å². The minimum absolute atomic E-state index is 0.0425. The molecular formula is C36H36Cl2F3N3O4S. The zero-order chi connectivity index (χ0) is 35.8. The van der Waals surface area contributed by atoms with Crippen LogP contribution >= 0.6 is 23.2 Å². The molecule has 0 saturated carbocycles. The van der Waals surface area contributed by atoms with Crippen LogP contribution in [0.5, 0.6) is 0 Å². The van der Waals surface area contributed by atoms with Gasteiger partial charge in [0.05, 0.1) is 16.1 Å². The van der Waals surface area contributed by atoms with Crippen molar-refractivity contribution in [1.29, 1.82) is 0 Å². The van der Waals surface area contributed by atoms with Crippen LogP contribution in [0.2, 0.25) is 10.0 Å². The summed E-state index contributed by atoms with van der Waals surface area (Å²) in [6.45, 7) is 2.80. The Labute approximate surface area is 294 Å². The summed E-state index contributed by atoms with van der Waals surface area (Å²) in [4.78, 5) is 29.4. The molecule has 49 heavy (non-hydrogen) atoms. The monoisotopic (exact) mass is 733 g/mol. The lowest BCUT2D eigenvalue weighted by Gasteiger charge is -2.34. The Morgan fingerprint density at radius 1 is 0.878 bits per heavy atom. The van der Waals surface area contributed by atoms with Gasteiger partial charge in [-0.3, -0.25) is 13.9 Å². The number of anilines is 1. The molecule has 1 N–H and O–H groups in total. The van der Waals surface area contributed by atoms with Crippen molar-refractivity contribution in [1.82, 2.24) is 10.2 Å². The molecule has 4 aromatic carbocycles. The van der Waals surface area contributed by atoms with Gasteiger partial charge in [-0.05, 0) is 61.4 Å². The number of halogens is 5. The quantitative estimate of drug-likeness (QED) is 0.133. The standard InChI is InChI=1S/C36H36Cl2F3N3O4S/c1-3-4-20-42-35(46)33(21-26-10-6-5-7-11-26)43(23-30-31(37)14-9-15-32(30)38)34(45)24-44(28-13-8-12-27(22-28)36(39,40)41)49(47,48)29-18-16-25(2)17-19-29/h5-19,22,33H,3-4,20-21,23-24H2,1-2H3,(H,42,46)/t33-/m1/s1. The van der Waals surface area contributed by atoms with Crippen molar-refractivity contribution in [3.8, 4) is 0 Å². The lowest BCUT2D eigenvalue weighted by molar-refractivity contribution is -0.140. The van der Waals surface area contributed by atoms with E-state index in [1.165, 1.54) is 23.1 Å². The highest BCUT2D eigenvalue weighted by Crippen LogP contribution is 2.34. The maximum atomic E-state index is 14.6. The summed E-state index contributed by atoms with van der Waals surface area (Å²) in [5.41, 5.74) is 0.292. The van der Waals surface area contributed by atoms with Gasteiger partial charge in [0.15, 0.2) is 0 Å². The van der Waals surface area contributed by atoms with E-state index >= 15 is 0 Å². The summed E-state index contributed by atoms with van der Waals surface area (Å²) in [6, 6.07) is 22.0. The molecule has 0 aliphatic heterocycles. The maximum absolute atomic E-state index is 14.6. The third-order valence-corrected chi connectivity index (χ3v) is 10.3. The molecule has 4 aromatic rings. The molecule has 260 valence electrons. The third kappa shape index (κ3) is 9.77. The smallest absolute Gasteiger partial charge is 0.354 e. The molecule has 0 aliphatic rings. The second kappa shape index (κ2) is 16.6. The van der Waals surface area contributed by atoms with E-state index in [1.54, 1.807) is 67.6 Å². The Morgan fingerprint density at radius 3 is 2.12 bits per heavy atom. The largest absolute Gasteiger partial charge is 0.416 e. The number of hydrogen-bond donors (Lipinski definition) is 1. The molecule has 0 radical (unpaired) electrons. The lowest BCUT2D eigenvalue weighted by atomic mass is 10.0. The van der Waals surface area contributed by atoms with E-state index in [1.807, 2.05) is 6.92 Å². The first kappa shape index (κ1) is 37.8. The highest BCUT2D eigenvalue weighted by Gasteiger charge is 2.37. The Hall–Kier alpha value is -4.06. The summed E-state index contributed by atoms with van der Waals surface area (Å²) >= 11 is 13.0. The highest BCUT2D eigenvalue weighted by atomic mass is 35.5. The molecule has 0 spiro atoms. The van der Waals surface area contributed by atoms with E-state index in [-0.39, 0.29) is 33.6 Å². The molecule has 7 nitrogen and oxygen atoms in total. The topological polar surface area (TPSA) is 86.8 Å². The molecule has 0 fully saturated rings. The predicted octanol–water partition coefficient (Wildman–Crippen LogP) is 8.07. The van der Waals surface area contributed by atoms with Crippen LogP contribution in [0.4, 0.5) is 18.9 Å². The SMILES string of the molecule is CCCCNC(=O)[C@@H](Cc1ccccc1)N(Cc1c(Cl)cccc1Cl)C(=O)CN(c1cccc(C(F)(F)F)c1)S(=O)(=O)c1ccc(C)cc1. The molecule has 0 heterocycles. The average molecular weight is 735 g/mol. The number of amides is 2. The number of carbonyl (C=O) groups excluding carboxylic acids is 2. The summed E-state index contributed by atoms with van der Waals surface area (Å²) in [5.74, 6) is -1.36. The fourth-order valence-corrected chi connectivity index (χ4v) is 7.04. The molecule has 1 atom stereocenters. The Kier molecular flexibility index (Phi) is 12.8. The molecule has 4 rings (SSSR count). The van der Waals surface area contributed by atoms with Gasteiger partial charge in [-0.2, -0.15) is 13.2 Å². The van der Waals surface area contributed by atoms with Gasteiger partial charge in [0.25, 0.3) is 10.0 Å². The van der Waals surface area contributed by atoms with Gasteiger partial charge in [-0.25, -0.2) is 8.42 Å². The molecule has 0 aromatic heterocycles. The van der Waals surface area contributed by atoms with Crippen LogP contribution < -0.4 is 9.62 Å². The number of rotatable bonds is 14. The van der Waals surface area contributed by atoms with Crippen molar-refractivity contribution in [2.45, 2.75) is 56.8 Å². The molecule has 13 heteroatoms. The molecule has 2 amide bonds. The van der Waals surface area contributed by atoms with E-state index in [2.05, 4.69) is 5.32 Å². The van der Waals surface area contributed by atoms with E-state index in [4.69, 9.17) is 23.2 Å². The van der Waals surface area contributed by atoms with E-state index < -0.39 is 46.2 Å². The first-order valence-electron chi connectivity index (χ1n) is 15.5. The van der Waals surface area contributed by atoms with E-state index in [0.717, 1.165) is 24.1 Å². The van der Waals surface area contributed by atoms with Gasteiger partial charge in [-0.15, -0.1) is 0 Å². The van der Waals surface area contributed by atoms with Gasteiger partial charge < -0.3 is 10.2 Å². The fraction of sp³-hybridized carbons (Fsp3) is 0.278. The zero-order valence-corrected chi connectivity index (χ0v) is 29.2. The second-order valence-electron chi connectivity index (χ2n) is 11.4. The number of carbonyl (C=O) groups is 2. The van der Waals surface area contributed by atoms with Crippen molar-refractivity contribution >= 4 is 50.7 Å². The average Bonchev–Trinajstić information content (AvgIpc) is 3.06. The number of nitrogens with zero attached hydrogens (tertiary/aromatic N) is 2. The van der Waals surface area contributed by atoms with Crippen LogP contribution in [0, 0.1) is 6.92 Å². The van der Waals surface area contributed by atoms with E-state index in [0.29, 0.717) is 34.5 Å². The van der Waals surface area contributed by atoms with Crippen LogP contribution in [-0.2, 0) is 38.8 Å². The van der Waals surface area contributed by atoms with Crippen molar-refractivity contribution < 1.29 is 31.2 Å². The first-order valence-corrected chi connectivity index (χ1v) is 17.7. The first-order chi connectivity index (χ1) is 23.2. The van der Waals surface area contributed by atoms with Crippen LogP contribution in [0.3, 0.4) is 0 Å². The number of unbranched alkanes of at least 4 members (excludes halogenated alkanes) is 1. The second-order valence-corrected chi connectivity index (χ2v) is 14.1. The summed E-state index contributed by atoms with van der Waals surface area (Å²) in [5, 5.41) is 3.28. The number of nitrogens with one attached hydrogen (secondary N) is 1. The molecule has 0 saturated heterocycles. The van der Waals surface area contributed by atoms with Crippen molar-refractivity contribution in [2.24, 2.45) is 0 Å². The summed E-state index contributed by atoms with van der Waals surface area (Å²) < 4.78 is 70.4. The zero-order valence-electron chi connectivity index (χ0n) is 26.9. The van der Waals surface area contributed by atoms with Crippen molar-refractivity contribution in [2.75, 3.05) is 17.4 Å². The Morgan fingerprint density at radius 2 is 1.51 bits per heavy atom. The van der Waals surface area contributed by atoms with Crippen molar-refractivity contribution in [3.63, 3.8) is 0 Å². The third-order valence-electron chi connectivity index (χ3n) is 7.84. The van der Waals surface area contributed by atoms with Gasteiger partial charge in [0.2, 0.25) is 11.8 Å². The van der Waals surface area contributed by atoms with Gasteiger partial charge in [0.1, 0.15) is 12.6 Å². The maximum Gasteiger partial charge on any atom is 0.416 e. The molecular weight excluding hydrogens is 698 g/mol. The minimum Gasteiger partial charge on any atom is -0.354 e. The minimum atomic E-state index is -4.79. The van der Waals surface area contributed by atoms with Crippen LogP contribution in [0.25, 0.3) is 0 Å².